The molecule has 8 fully saturated rings. The lowest BCUT2D eigenvalue weighted by Gasteiger charge is -2.62. The number of rotatable bonds is 6. The van der Waals surface area contributed by atoms with Crippen molar-refractivity contribution in [2.45, 2.75) is 189 Å². The first-order valence-corrected chi connectivity index (χ1v) is 22.8. The van der Waals surface area contributed by atoms with E-state index in [9.17, 15) is 14.7 Å². The number of Topliss-reactive ketones (excluding diaryl/α,β-unsaturated/α-hetero) is 1. The highest BCUT2D eigenvalue weighted by molar-refractivity contribution is 5.92. The molecular weight excluding hydrogens is 641 g/mol. The topological polar surface area (TPSA) is 66.9 Å². The summed E-state index contributed by atoms with van der Waals surface area (Å²) in [6, 6.07) is 0. The first kappa shape index (κ1) is 37.9. The monoisotopic (exact) mass is 717 g/mol. The van der Waals surface area contributed by atoms with E-state index in [2.05, 4.69) is 55.4 Å². The van der Waals surface area contributed by atoms with Crippen LogP contribution in [0.4, 0.5) is 0 Å². The van der Waals surface area contributed by atoms with Crippen LogP contribution in [0.2, 0.25) is 0 Å². The van der Waals surface area contributed by atoms with Crippen molar-refractivity contribution in [3.63, 3.8) is 0 Å². The predicted molar refractivity (Wildman–Crippen MR) is 209 cm³/mol. The molecule has 1 aliphatic heterocycles. The van der Waals surface area contributed by atoms with Crippen molar-refractivity contribution >= 4 is 11.6 Å². The van der Waals surface area contributed by atoms with Gasteiger partial charge in [0.15, 0.2) is 5.78 Å². The van der Waals surface area contributed by atoms with Crippen LogP contribution in [0.15, 0.2) is 11.6 Å². The van der Waals surface area contributed by atoms with Gasteiger partial charge in [0.05, 0.1) is 12.2 Å². The summed E-state index contributed by atoms with van der Waals surface area (Å²) in [5, 5.41) is 11.2. The molecule has 3 unspecified atom stereocenters. The van der Waals surface area contributed by atoms with Gasteiger partial charge in [-0.25, -0.2) is 0 Å². The van der Waals surface area contributed by atoms with Gasteiger partial charge in [-0.2, -0.15) is 0 Å². The number of carbonyl (C=O) groups is 2. The summed E-state index contributed by atoms with van der Waals surface area (Å²) < 4.78 is 6.31. The Morgan fingerprint density at radius 3 is 1.92 bits per heavy atom. The van der Waals surface area contributed by atoms with Gasteiger partial charge in [-0.1, -0.05) is 81.1 Å². The maximum Gasteiger partial charge on any atom is 0.155 e. The second-order valence-corrected chi connectivity index (χ2v) is 21.8. The summed E-state index contributed by atoms with van der Waals surface area (Å²) >= 11 is 0. The van der Waals surface area contributed by atoms with Crippen molar-refractivity contribution in [2.75, 3.05) is 0 Å². The molecule has 8 aliphatic carbocycles. The molecule has 0 radical (unpaired) electrons. The van der Waals surface area contributed by atoms with Crippen LogP contribution in [-0.4, -0.2) is 35.0 Å². The minimum atomic E-state index is -0.172. The number of aliphatic hydroxyl groups is 1. The Labute approximate surface area is 317 Å². The van der Waals surface area contributed by atoms with E-state index in [4.69, 9.17) is 4.74 Å². The predicted octanol–water partition coefficient (Wildman–Crippen LogP) is 11.2. The van der Waals surface area contributed by atoms with E-state index in [-0.39, 0.29) is 17.6 Å². The fourth-order valence-corrected chi connectivity index (χ4v) is 17.1. The Hall–Kier alpha value is -1.00. The fourth-order valence-electron chi connectivity index (χ4n) is 17.1. The van der Waals surface area contributed by atoms with Crippen molar-refractivity contribution in [3.05, 3.63) is 11.6 Å². The van der Waals surface area contributed by atoms with Crippen LogP contribution in [0.5, 0.6) is 0 Å². The first-order chi connectivity index (χ1) is 24.7. The number of hydrogen-bond donors (Lipinski definition) is 1. The van der Waals surface area contributed by atoms with Crippen LogP contribution < -0.4 is 0 Å². The van der Waals surface area contributed by atoms with E-state index in [0.29, 0.717) is 57.6 Å². The normalized spacial score (nSPS) is 52.6. The SMILES string of the molecule is CCC[C@@H](C)[C@H]1CC[C@H]2[C@@H]3C(O)C[C@@H]4CC(=O)CC[C@]4(C)[C@H]3CC[C@]12C.CCC[C@@H](C)[C@H]1CC[C@H]2[C@@H]3C4OC4C4=CC(=O)CC[C@]4(C)[C@H]3CC[C@]12C. The maximum atomic E-state index is 12.1. The Morgan fingerprint density at radius 2 is 1.31 bits per heavy atom. The average Bonchev–Trinajstić information content (AvgIpc) is 3.69. The minimum Gasteiger partial charge on any atom is -0.393 e. The van der Waals surface area contributed by atoms with Crippen LogP contribution in [-0.2, 0) is 14.3 Å². The highest BCUT2D eigenvalue weighted by Gasteiger charge is 2.69. The lowest BCUT2D eigenvalue weighted by molar-refractivity contribution is -0.168. The second-order valence-electron chi connectivity index (χ2n) is 21.8. The van der Waals surface area contributed by atoms with Gasteiger partial charge in [0.2, 0.25) is 0 Å². The third kappa shape index (κ3) is 5.68. The Bertz CT molecular complexity index is 1420. The van der Waals surface area contributed by atoms with Gasteiger partial charge in [-0.05, 0) is 169 Å². The molecule has 0 spiro atoms. The van der Waals surface area contributed by atoms with E-state index in [0.717, 1.165) is 80.0 Å². The molecule has 0 aromatic carbocycles. The molecule has 0 amide bonds. The summed E-state index contributed by atoms with van der Waals surface area (Å²) in [7, 11) is 0. The quantitative estimate of drug-likeness (QED) is 0.278. The molecular formula is C48H76O4. The molecule has 1 N–H and O–H groups in total. The smallest absolute Gasteiger partial charge is 0.155 e. The number of ether oxygens (including phenoxy) is 1. The molecule has 1 heterocycles. The Morgan fingerprint density at radius 1 is 0.731 bits per heavy atom. The van der Waals surface area contributed by atoms with Gasteiger partial charge in [-0.15, -0.1) is 0 Å². The molecule has 0 aromatic heterocycles. The van der Waals surface area contributed by atoms with E-state index in [1.54, 1.807) is 0 Å². The van der Waals surface area contributed by atoms with Crippen molar-refractivity contribution in [1.82, 2.24) is 0 Å². The molecule has 0 aromatic rings. The minimum absolute atomic E-state index is 0.172. The van der Waals surface area contributed by atoms with Crippen molar-refractivity contribution in [1.29, 1.82) is 0 Å². The zero-order chi connectivity index (χ0) is 37.0. The lowest BCUT2D eigenvalue weighted by atomic mass is 9.44. The summed E-state index contributed by atoms with van der Waals surface area (Å²) in [6.07, 6.45) is 24.1. The van der Waals surface area contributed by atoms with Gasteiger partial charge in [0, 0.05) is 19.3 Å². The van der Waals surface area contributed by atoms with E-state index in [1.807, 2.05) is 6.08 Å². The summed E-state index contributed by atoms with van der Waals surface area (Å²) in [5.74, 6) is 8.80. The van der Waals surface area contributed by atoms with Gasteiger partial charge in [-0.3, -0.25) is 9.59 Å². The molecule has 0 bridgehead atoms. The number of fused-ring (bicyclic) bond motifs is 13. The highest BCUT2D eigenvalue weighted by Crippen LogP contribution is 2.71. The Kier molecular flexibility index (Phi) is 9.90. The summed E-state index contributed by atoms with van der Waals surface area (Å²) in [4.78, 5) is 24.1. The second kappa shape index (κ2) is 13.6. The number of epoxide rings is 1. The van der Waals surface area contributed by atoms with Crippen LogP contribution >= 0.6 is 0 Å². The summed E-state index contributed by atoms with van der Waals surface area (Å²) in [5.41, 5.74) is 2.85. The maximum absolute atomic E-state index is 12.1. The Balaban J connectivity index is 0.000000149. The number of carbonyl (C=O) groups excluding carboxylic acids is 2. The standard InChI is InChI=1S/C24H36O2.C24H40O2/c1-5-6-14(2)16-7-8-17-20-18(10-12-23(16,17)3)24(4)11-9-15(25)13-19(24)21-22(20)26-21;1-5-6-15(2)18-7-8-19-22-20(10-12-24(18,19)4)23(3)11-9-17(25)13-16(23)14-21(22)26/h13-14,16-18,20-22H,5-12H2,1-4H3;15-16,18-22,26H,5-14H2,1-4H3/t14-,16-,17+,18+,20+,21?,22?,23-,24-;15-,16+,18-,19+,20+,21?,22+,23+,24-/m11/s1. The number of hydrogen-bond acceptors (Lipinski definition) is 4. The van der Waals surface area contributed by atoms with E-state index in [1.165, 1.54) is 82.6 Å². The van der Waals surface area contributed by atoms with Crippen molar-refractivity contribution < 1.29 is 19.4 Å². The van der Waals surface area contributed by atoms with Gasteiger partial charge >= 0.3 is 0 Å². The highest BCUT2D eigenvalue weighted by atomic mass is 16.6. The lowest BCUT2D eigenvalue weighted by Crippen LogP contribution is -2.58. The van der Waals surface area contributed by atoms with Crippen molar-refractivity contribution in [3.8, 4) is 0 Å². The number of ketones is 2. The number of aliphatic hydroxyl groups excluding tert-OH is 1. The first-order valence-electron chi connectivity index (χ1n) is 22.8. The van der Waals surface area contributed by atoms with E-state index < -0.39 is 0 Å². The zero-order valence-electron chi connectivity index (χ0n) is 34.6. The zero-order valence-corrected chi connectivity index (χ0v) is 34.6. The third-order valence-corrected chi connectivity index (χ3v) is 19.7. The van der Waals surface area contributed by atoms with Gasteiger partial charge in [0.1, 0.15) is 11.9 Å². The molecule has 4 nitrogen and oxygen atoms in total. The largest absolute Gasteiger partial charge is 0.393 e. The average molecular weight is 717 g/mol. The van der Waals surface area contributed by atoms with Crippen molar-refractivity contribution in [2.24, 2.45) is 86.8 Å². The molecule has 52 heavy (non-hydrogen) atoms. The fraction of sp³-hybridized carbons (Fsp3) is 0.917. The third-order valence-electron chi connectivity index (χ3n) is 19.7. The van der Waals surface area contributed by atoms with E-state index >= 15 is 0 Å². The van der Waals surface area contributed by atoms with Gasteiger partial charge < -0.3 is 9.84 Å². The van der Waals surface area contributed by atoms with Gasteiger partial charge in [0.25, 0.3) is 0 Å². The summed E-state index contributed by atoms with van der Waals surface area (Å²) in [6.45, 7) is 19.8. The van der Waals surface area contributed by atoms with Crippen LogP contribution in [0.25, 0.3) is 0 Å². The molecule has 9 aliphatic rings. The molecule has 292 valence electrons. The molecule has 1 saturated heterocycles. The molecule has 9 rings (SSSR count). The van der Waals surface area contributed by atoms with Crippen LogP contribution in [0.3, 0.4) is 0 Å². The van der Waals surface area contributed by atoms with Crippen LogP contribution in [0.1, 0.15) is 171 Å². The molecule has 4 heteroatoms. The molecule has 18 atom stereocenters. The molecule has 7 saturated carbocycles. The van der Waals surface area contributed by atoms with Crippen LogP contribution in [0, 0.1) is 86.8 Å².